The van der Waals surface area contributed by atoms with E-state index in [0.29, 0.717) is 25.4 Å². The lowest BCUT2D eigenvalue weighted by Gasteiger charge is -2.12. The van der Waals surface area contributed by atoms with Crippen molar-refractivity contribution >= 4 is 67.0 Å². The highest BCUT2D eigenvalue weighted by Crippen LogP contribution is 2.34. The van der Waals surface area contributed by atoms with Crippen molar-refractivity contribution in [2.75, 3.05) is 11.9 Å². The van der Waals surface area contributed by atoms with E-state index in [9.17, 15) is 4.79 Å². The molecular formula is C23H19Br2ClN2O2. The van der Waals surface area contributed by atoms with E-state index in [1.165, 1.54) is 5.56 Å². The van der Waals surface area contributed by atoms with Gasteiger partial charge in [0.1, 0.15) is 5.75 Å². The fourth-order valence-corrected chi connectivity index (χ4v) is 4.21. The second-order valence-electron chi connectivity index (χ2n) is 6.71. The van der Waals surface area contributed by atoms with Crippen LogP contribution in [0.25, 0.3) is 0 Å². The lowest BCUT2D eigenvalue weighted by atomic mass is 10.2. The molecule has 1 N–H and O–H groups in total. The van der Waals surface area contributed by atoms with Gasteiger partial charge in [-0.2, -0.15) is 0 Å². The van der Waals surface area contributed by atoms with Crippen molar-refractivity contribution < 1.29 is 9.53 Å². The third kappa shape index (κ3) is 6.17. The molecule has 0 aromatic heterocycles. The second-order valence-corrected chi connectivity index (χ2v) is 8.82. The summed E-state index contributed by atoms with van der Waals surface area (Å²) in [5, 5.41) is 3.37. The van der Waals surface area contributed by atoms with Gasteiger partial charge in [-0.05, 0) is 93.2 Å². The van der Waals surface area contributed by atoms with E-state index in [4.69, 9.17) is 16.3 Å². The van der Waals surface area contributed by atoms with Gasteiger partial charge in [0.2, 0.25) is 0 Å². The highest BCUT2D eigenvalue weighted by Gasteiger charge is 2.11. The van der Waals surface area contributed by atoms with Crippen molar-refractivity contribution in [3.05, 3.63) is 85.3 Å². The molecule has 0 unspecified atom stereocenters. The van der Waals surface area contributed by atoms with Gasteiger partial charge in [-0.1, -0.05) is 35.4 Å². The number of rotatable bonds is 6. The number of benzene rings is 3. The Morgan fingerprint density at radius 3 is 2.37 bits per heavy atom. The first kappa shape index (κ1) is 22.5. The molecule has 3 aromatic carbocycles. The number of halogens is 3. The summed E-state index contributed by atoms with van der Waals surface area (Å²) in [6.45, 7) is 3.80. The molecule has 154 valence electrons. The summed E-state index contributed by atoms with van der Waals surface area (Å²) in [7, 11) is 0. The van der Waals surface area contributed by atoms with Crippen LogP contribution in [-0.2, 0) is 4.79 Å². The van der Waals surface area contributed by atoms with Gasteiger partial charge in [0.05, 0.1) is 14.6 Å². The number of hydrogen-bond donors (Lipinski definition) is 1. The summed E-state index contributed by atoms with van der Waals surface area (Å²) in [4.78, 5) is 16.7. The van der Waals surface area contributed by atoms with Gasteiger partial charge in [0.25, 0.3) is 5.91 Å². The third-order valence-electron chi connectivity index (χ3n) is 4.22. The summed E-state index contributed by atoms with van der Waals surface area (Å²) < 4.78 is 7.14. The van der Waals surface area contributed by atoms with Gasteiger partial charge in [-0.25, -0.2) is 0 Å². The highest BCUT2D eigenvalue weighted by atomic mass is 79.9. The number of hydrogen-bond acceptors (Lipinski definition) is 3. The maximum Gasteiger partial charge on any atom is 0.262 e. The normalized spacial score (nSPS) is 11.0. The van der Waals surface area contributed by atoms with Crippen LogP contribution in [0.1, 0.15) is 16.7 Å². The monoisotopic (exact) mass is 548 g/mol. The molecule has 30 heavy (non-hydrogen) atoms. The molecule has 0 bridgehead atoms. The molecular weight excluding hydrogens is 532 g/mol. The van der Waals surface area contributed by atoms with E-state index >= 15 is 0 Å². The first-order valence-electron chi connectivity index (χ1n) is 9.10. The second kappa shape index (κ2) is 10.2. The van der Waals surface area contributed by atoms with Crippen LogP contribution in [0, 0.1) is 13.8 Å². The highest BCUT2D eigenvalue weighted by molar-refractivity contribution is 9.11. The van der Waals surface area contributed by atoms with Crippen LogP contribution in [-0.4, -0.2) is 18.7 Å². The van der Waals surface area contributed by atoms with Gasteiger partial charge >= 0.3 is 0 Å². The van der Waals surface area contributed by atoms with E-state index in [1.54, 1.807) is 18.3 Å². The molecule has 0 fully saturated rings. The summed E-state index contributed by atoms with van der Waals surface area (Å²) in [5.74, 6) is 0.262. The first-order chi connectivity index (χ1) is 14.3. The Morgan fingerprint density at radius 2 is 1.73 bits per heavy atom. The average Bonchev–Trinajstić information content (AvgIpc) is 2.70. The maximum absolute atomic E-state index is 12.2. The van der Waals surface area contributed by atoms with Crippen molar-refractivity contribution in [1.29, 1.82) is 0 Å². The fraction of sp³-hybridized carbons (Fsp3) is 0.130. The smallest absolute Gasteiger partial charge is 0.262 e. The third-order valence-corrected chi connectivity index (χ3v) is 5.81. The van der Waals surface area contributed by atoms with E-state index in [2.05, 4.69) is 42.2 Å². The standard InChI is InChI=1S/C23H19Br2ClN2O2/c1-14-3-6-17(7-4-14)27-12-16-9-19(24)23(20(25)10-16)30-13-22(29)28-18-8-5-15(2)21(26)11-18/h3-12H,13H2,1-2H3,(H,28,29). The number of carbonyl (C=O) groups is 1. The van der Waals surface area contributed by atoms with Crippen molar-refractivity contribution in [2.24, 2.45) is 4.99 Å². The van der Waals surface area contributed by atoms with Crippen molar-refractivity contribution in [1.82, 2.24) is 0 Å². The molecule has 0 saturated heterocycles. The zero-order valence-electron chi connectivity index (χ0n) is 16.4. The number of carbonyl (C=O) groups excluding carboxylic acids is 1. The van der Waals surface area contributed by atoms with Gasteiger partial charge in [0.15, 0.2) is 6.61 Å². The van der Waals surface area contributed by atoms with Crippen molar-refractivity contribution in [3.8, 4) is 5.75 Å². The van der Waals surface area contributed by atoms with Crippen LogP contribution >= 0.6 is 43.5 Å². The Labute approximate surface area is 197 Å². The molecule has 0 aliphatic heterocycles. The number of nitrogens with zero attached hydrogens (tertiary/aromatic N) is 1. The number of aliphatic imine (C=N–C) groups is 1. The molecule has 0 aliphatic carbocycles. The topological polar surface area (TPSA) is 50.7 Å². The number of nitrogens with one attached hydrogen (secondary N) is 1. The van der Waals surface area contributed by atoms with E-state index in [0.717, 1.165) is 16.8 Å². The summed E-state index contributed by atoms with van der Waals surface area (Å²) in [6, 6.07) is 17.1. The van der Waals surface area contributed by atoms with Crippen LogP contribution < -0.4 is 10.1 Å². The minimum absolute atomic E-state index is 0.139. The van der Waals surface area contributed by atoms with Crippen molar-refractivity contribution in [3.63, 3.8) is 0 Å². The zero-order chi connectivity index (χ0) is 21.7. The molecule has 7 heteroatoms. The molecule has 1 amide bonds. The number of ether oxygens (including phenoxy) is 1. The van der Waals surface area contributed by atoms with Gasteiger partial charge in [0, 0.05) is 16.9 Å². The van der Waals surface area contributed by atoms with Gasteiger partial charge in [-0.3, -0.25) is 9.79 Å². The Kier molecular flexibility index (Phi) is 7.69. The Bertz CT molecular complexity index is 1080. The van der Waals surface area contributed by atoms with Gasteiger partial charge in [-0.15, -0.1) is 0 Å². The van der Waals surface area contributed by atoms with E-state index in [-0.39, 0.29) is 12.5 Å². The summed E-state index contributed by atoms with van der Waals surface area (Å²) in [5.41, 5.74) is 4.53. The number of anilines is 1. The molecule has 0 heterocycles. The Morgan fingerprint density at radius 1 is 1.07 bits per heavy atom. The zero-order valence-corrected chi connectivity index (χ0v) is 20.3. The average molecular weight is 551 g/mol. The number of amides is 1. The van der Waals surface area contributed by atoms with Crippen LogP contribution in [0.4, 0.5) is 11.4 Å². The van der Waals surface area contributed by atoms with Crippen LogP contribution in [0.3, 0.4) is 0 Å². The van der Waals surface area contributed by atoms with Crippen LogP contribution in [0.5, 0.6) is 5.75 Å². The molecule has 3 aromatic rings. The molecule has 0 radical (unpaired) electrons. The van der Waals surface area contributed by atoms with Crippen LogP contribution in [0.15, 0.2) is 68.5 Å². The molecule has 3 rings (SSSR count). The first-order valence-corrected chi connectivity index (χ1v) is 11.1. The quantitative estimate of drug-likeness (QED) is 0.329. The molecule has 0 aliphatic rings. The predicted octanol–water partition coefficient (Wildman–Crippen LogP) is 7.25. The summed E-state index contributed by atoms with van der Waals surface area (Å²) >= 11 is 13.1. The van der Waals surface area contributed by atoms with Crippen LogP contribution in [0.2, 0.25) is 5.02 Å². The molecule has 4 nitrogen and oxygen atoms in total. The van der Waals surface area contributed by atoms with Gasteiger partial charge < -0.3 is 10.1 Å². The maximum atomic E-state index is 12.2. The summed E-state index contributed by atoms with van der Waals surface area (Å²) in [6.07, 6.45) is 1.78. The van der Waals surface area contributed by atoms with E-state index in [1.807, 2.05) is 56.3 Å². The minimum atomic E-state index is -0.279. The fourth-order valence-electron chi connectivity index (χ4n) is 2.58. The molecule has 0 atom stereocenters. The SMILES string of the molecule is Cc1ccc(N=Cc2cc(Br)c(OCC(=O)Nc3ccc(C)c(Cl)c3)c(Br)c2)cc1. The molecule has 0 spiro atoms. The minimum Gasteiger partial charge on any atom is -0.481 e. The Hall–Kier alpha value is -2.15. The molecule has 0 saturated carbocycles. The lowest BCUT2D eigenvalue weighted by molar-refractivity contribution is -0.118. The van der Waals surface area contributed by atoms with Crippen molar-refractivity contribution in [2.45, 2.75) is 13.8 Å². The largest absolute Gasteiger partial charge is 0.481 e. The lowest BCUT2D eigenvalue weighted by Crippen LogP contribution is -2.20. The number of aryl methyl sites for hydroxylation is 2. The Balaban J connectivity index is 1.64. The predicted molar refractivity (Wildman–Crippen MR) is 131 cm³/mol. The van der Waals surface area contributed by atoms with E-state index < -0.39 is 0 Å².